The van der Waals surface area contributed by atoms with Crippen LogP contribution >= 0.6 is 0 Å². The standard InChI is InChI=1S/C16H25N3O/c1-10(2)14-6-13(7-15(17-5)18-14)16(20)19-8-11(3)12(4)9-19/h6-7,10-12H,8-9H2,1-5H3,(H,17,18). The fourth-order valence-electron chi connectivity index (χ4n) is 2.58. The second-order valence-corrected chi connectivity index (χ2v) is 6.24. The Morgan fingerprint density at radius 1 is 1.30 bits per heavy atom. The minimum atomic E-state index is 0.127. The Balaban J connectivity index is 2.27. The van der Waals surface area contributed by atoms with Crippen LogP contribution in [0.3, 0.4) is 0 Å². The molecule has 1 N–H and O–H groups in total. The van der Waals surface area contributed by atoms with Crippen LogP contribution < -0.4 is 5.32 Å². The zero-order chi connectivity index (χ0) is 14.9. The molecule has 1 aromatic rings. The zero-order valence-electron chi connectivity index (χ0n) is 13.1. The van der Waals surface area contributed by atoms with E-state index in [0.717, 1.165) is 30.2 Å². The second kappa shape index (κ2) is 5.81. The van der Waals surface area contributed by atoms with Gasteiger partial charge in [0.1, 0.15) is 5.82 Å². The van der Waals surface area contributed by atoms with E-state index >= 15 is 0 Å². The van der Waals surface area contributed by atoms with Gasteiger partial charge >= 0.3 is 0 Å². The van der Waals surface area contributed by atoms with Crippen LogP contribution in [0.1, 0.15) is 49.7 Å². The summed E-state index contributed by atoms with van der Waals surface area (Å²) in [6.07, 6.45) is 0. The molecule has 0 bridgehead atoms. The summed E-state index contributed by atoms with van der Waals surface area (Å²) >= 11 is 0. The summed E-state index contributed by atoms with van der Waals surface area (Å²) in [6, 6.07) is 3.78. The van der Waals surface area contributed by atoms with Gasteiger partial charge in [0, 0.05) is 31.4 Å². The number of nitrogens with one attached hydrogen (secondary N) is 1. The van der Waals surface area contributed by atoms with Crippen molar-refractivity contribution in [2.75, 3.05) is 25.5 Å². The summed E-state index contributed by atoms with van der Waals surface area (Å²) in [5.74, 6) is 2.36. The van der Waals surface area contributed by atoms with Gasteiger partial charge in [-0.05, 0) is 29.9 Å². The van der Waals surface area contributed by atoms with Crippen molar-refractivity contribution in [1.29, 1.82) is 0 Å². The Bertz CT molecular complexity index is 488. The lowest BCUT2D eigenvalue weighted by atomic mass is 10.0. The molecule has 1 saturated heterocycles. The highest BCUT2D eigenvalue weighted by molar-refractivity contribution is 5.95. The second-order valence-electron chi connectivity index (χ2n) is 6.24. The molecule has 2 atom stereocenters. The van der Waals surface area contributed by atoms with E-state index in [9.17, 15) is 4.79 Å². The molecule has 0 spiro atoms. The van der Waals surface area contributed by atoms with E-state index in [-0.39, 0.29) is 5.91 Å². The number of carbonyl (C=O) groups is 1. The van der Waals surface area contributed by atoms with Crippen molar-refractivity contribution in [3.05, 3.63) is 23.4 Å². The number of nitrogens with zero attached hydrogens (tertiary/aromatic N) is 2. The van der Waals surface area contributed by atoms with Crippen molar-refractivity contribution in [2.24, 2.45) is 11.8 Å². The lowest BCUT2D eigenvalue weighted by Gasteiger charge is -2.18. The summed E-state index contributed by atoms with van der Waals surface area (Å²) < 4.78 is 0. The first-order chi connectivity index (χ1) is 9.42. The van der Waals surface area contributed by atoms with E-state index in [1.807, 2.05) is 24.1 Å². The van der Waals surface area contributed by atoms with Crippen LogP contribution in [-0.2, 0) is 0 Å². The maximum atomic E-state index is 12.7. The molecule has 4 nitrogen and oxygen atoms in total. The van der Waals surface area contributed by atoms with Gasteiger partial charge in [0.05, 0.1) is 0 Å². The number of rotatable bonds is 3. The highest BCUT2D eigenvalue weighted by atomic mass is 16.2. The molecule has 0 aromatic carbocycles. The third-order valence-electron chi connectivity index (χ3n) is 4.22. The van der Waals surface area contributed by atoms with E-state index in [1.54, 1.807) is 0 Å². The minimum absolute atomic E-state index is 0.127. The molecule has 2 rings (SSSR count). The van der Waals surface area contributed by atoms with Crippen molar-refractivity contribution in [3.63, 3.8) is 0 Å². The summed E-state index contributed by atoms with van der Waals surface area (Å²) in [6.45, 7) is 10.3. The molecule has 2 heterocycles. The molecule has 1 aromatic heterocycles. The molecule has 20 heavy (non-hydrogen) atoms. The number of aromatic nitrogens is 1. The average Bonchev–Trinajstić information content (AvgIpc) is 2.77. The third-order valence-corrected chi connectivity index (χ3v) is 4.22. The van der Waals surface area contributed by atoms with Crippen LogP contribution in [0.25, 0.3) is 0 Å². The highest BCUT2D eigenvalue weighted by Crippen LogP contribution is 2.25. The quantitative estimate of drug-likeness (QED) is 0.922. The fraction of sp³-hybridized carbons (Fsp3) is 0.625. The van der Waals surface area contributed by atoms with E-state index in [0.29, 0.717) is 17.8 Å². The summed E-state index contributed by atoms with van der Waals surface area (Å²) in [5, 5.41) is 3.04. The minimum Gasteiger partial charge on any atom is -0.373 e. The first-order valence-corrected chi connectivity index (χ1v) is 7.41. The van der Waals surface area contributed by atoms with E-state index in [4.69, 9.17) is 0 Å². The van der Waals surface area contributed by atoms with E-state index < -0.39 is 0 Å². The smallest absolute Gasteiger partial charge is 0.254 e. The highest BCUT2D eigenvalue weighted by Gasteiger charge is 2.30. The predicted molar refractivity (Wildman–Crippen MR) is 82.1 cm³/mol. The Kier molecular flexibility index (Phi) is 4.31. The van der Waals surface area contributed by atoms with Crippen LogP contribution in [-0.4, -0.2) is 35.9 Å². The molecule has 4 heteroatoms. The van der Waals surface area contributed by atoms with Gasteiger partial charge in [0.15, 0.2) is 0 Å². The first-order valence-electron chi connectivity index (χ1n) is 7.41. The molecular formula is C16H25N3O. The number of carbonyl (C=O) groups excluding carboxylic acids is 1. The predicted octanol–water partition coefficient (Wildman–Crippen LogP) is 2.97. The molecule has 1 fully saturated rings. The fourth-order valence-corrected chi connectivity index (χ4v) is 2.58. The SMILES string of the molecule is CNc1cc(C(=O)N2CC(C)C(C)C2)cc(C(C)C)n1. The Labute approximate surface area is 121 Å². The Morgan fingerprint density at radius 3 is 2.40 bits per heavy atom. The van der Waals surface area contributed by atoms with Crippen LogP contribution in [0.2, 0.25) is 0 Å². The van der Waals surface area contributed by atoms with Crippen LogP contribution in [0.15, 0.2) is 12.1 Å². The summed E-state index contributed by atoms with van der Waals surface area (Å²) in [5.41, 5.74) is 1.70. The molecule has 0 radical (unpaired) electrons. The lowest BCUT2D eigenvalue weighted by Crippen LogP contribution is -2.29. The van der Waals surface area contributed by atoms with E-state index in [1.165, 1.54) is 0 Å². The molecule has 0 saturated carbocycles. The molecule has 110 valence electrons. The van der Waals surface area contributed by atoms with Gasteiger partial charge in [-0.25, -0.2) is 4.98 Å². The molecule has 2 unspecified atom stereocenters. The maximum Gasteiger partial charge on any atom is 0.254 e. The number of amides is 1. The number of likely N-dealkylation sites (tertiary alicyclic amines) is 1. The van der Waals surface area contributed by atoms with Crippen LogP contribution in [0, 0.1) is 11.8 Å². The van der Waals surface area contributed by atoms with Gasteiger partial charge in [0.25, 0.3) is 5.91 Å². The largest absolute Gasteiger partial charge is 0.373 e. The van der Waals surface area contributed by atoms with Gasteiger partial charge in [-0.1, -0.05) is 27.7 Å². The lowest BCUT2D eigenvalue weighted by molar-refractivity contribution is 0.0785. The summed E-state index contributed by atoms with van der Waals surface area (Å²) in [7, 11) is 1.83. The van der Waals surface area contributed by atoms with Crippen molar-refractivity contribution in [3.8, 4) is 0 Å². The molecule has 1 aliphatic heterocycles. The topological polar surface area (TPSA) is 45.2 Å². The average molecular weight is 275 g/mol. The van der Waals surface area contributed by atoms with Gasteiger partial charge in [-0.15, -0.1) is 0 Å². The Morgan fingerprint density at radius 2 is 1.90 bits per heavy atom. The molecule has 1 amide bonds. The molecular weight excluding hydrogens is 250 g/mol. The number of anilines is 1. The molecule has 1 aliphatic rings. The van der Waals surface area contributed by atoms with Crippen molar-refractivity contribution >= 4 is 11.7 Å². The van der Waals surface area contributed by atoms with Gasteiger partial charge in [-0.2, -0.15) is 0 Å². The summed E-state index contributed by atoms with van der Waals surface area (Å²) in [4.78, 5) is 19.1. The number of hydrogen-bond donors (Lipinski definition) is 1. The van der Waals surface area contributed by atoms with Crippen molar-refractivity contribution < 1.29 is 4.79 Å². The number of hydrogen-bond acceptors (Lipinski definition) is 3. The van der Waals surface area contributed by atoms with Crippen molar-refractivity contribution in [2.45, 2.75) is 33.6 Å². The van der Waals surface area contributed by atoms with Gasteiger partial charge < -0.3 is 10.2 Å². The zero-order valence-corrected chi connectivity index (χ0v) is 13.1. The van der Waals surface area contributed by atoms with E-state index in [2.05, 4.69) is 38.0 Å². The van der Waals surface area contributed by atoms with Crippen molar-refractivity contribution in [1.82, 2.24) is 9.88 Å². The Hall–Kier alpha value is -1.58. The third kappa shape index (κ3) is 2.94. The van der Waals surface area contributed by atoms with Gasteiger partial charge in [-0.3, -0.25) is 4.79 Å². The maximum absolute atomic E-state index is 12.7. The van der Waals surface area contributed by atoms with Crippen LogP contribution in [0.4, 0.5) is 5.82 Å². The number of pyridine rings is 1. The van der Waals surface area contributed by atoms with Gasteiger partial charge in [0.2, 0.25) is 0 Å². The monoisotopic (exact) mass is 275 g/mol. The normalized spacial score (nSPS) is 22.4. The van der Waals surface area contributed by atoms with Crippen LogP contribution in [0.5, 0.6) is 0 Å². The molecule has 0 aliphatic carbocycles. The first kappa shape index (κ1) is 14.8.